The van der Waals surface area contributed by atoms with Crippen LogP contribution in [0, 0.1) is 0 Å². The van der Waals surface area contributed by atoms with E-state index in [2.05, 4.69) is 25.2 Å². The molecule has 1 atom stereocenters. The van der Waals surface area contributed by atoms with Crippen LogP contribution in [0.25, 0.3) is 0 Å². The highest BCUT2D eigenvalue weighted by molar-refractivity contribution is 5.85. The van der Waals surface area contributed by atoms with Gasteiger partial charge in [-0.3, -0.25) is 4.79 Å². The van der Waals surface area contributed by atoms with Gasteiger partial charge in [0.15, 0.2) is 0 Å². The van der Waals surface area contributed by atoms with Crippen LogP contribution in [0.15, 0.2) is 24.3 Å². The van der Waals surface area contributed by atoms with E-state index in [0.717, 1.165) is 12.2 Å². The van der Waals surface area contributed by atoms with Crippen LogP contribution in [0.1, 0.15) is 52.0 Å². The van der Waals surface area contributed by atoms with Crippen LogP contribution in [-0.4, -0.2) is 24.6 Å². The largest absolute Gasteiger partial charge is 0.491 e. The van der Waals surface area contributed by atoms with Gasteiger partial charge in [-0.05, 0) is 30.9 Å². The zero-order valence-corrected chi connectivity index (χ0v) is 14.8. The lowest BCUT2D eigenvalue weighted by atomic mass is 9.97. The second-order valence-electron chi connectivity index (χ2n) is 5.96. The van der Waals surface area contributed by atoms with Crippen molar-refractivity contribution in [2.75, 3.05) is 13.2 Å². The smallest absolute Gasteiger partial charge is 0.239 e. The molecule has 0 aliphatic carbocycles. The number of halogens is 1. The summed E-state index contributed by atoms with van der Waals surface area (Å²) in [5.74, 6) is 1.17. The molecule has 1 aromatic carbocycles. The molecule has 3 N–H and O–H groups in total. The van der Waals surface area contributed by atoms with Crippen LogP contribution in [0.4, 0.5) is 0 Å². The van der Waals surface area contributed by atoms with Gasteiger partial charge in [-0.2, -0.15) is 0 Å². The third-order valence-electron chi connectivity index (χ3n) is 3.47. The number of amides is 1. The fraction of sp³-hybridized carbons (Fsp3) is 0.588. The Morgan fingerprint density at radius 2 is 2.00 bits per heavy atom. The number of para-hydroxylation sites is 1. The summed E-state index contributed by atoms with van der Waals surface area (Å²) < 4.78 is 5.77. The van der Waals surface area contributed by atoms with Crippen molar-refractivity contribution >= 4 is 18.3 Å². The Labute approximate surface area is 140 Å². The fourth-order valence-corrected chi connectivity index (χ4v) is 2.25. The van der Waals surface area contributed by atoms with Crippen molar-refractivity contribution in [3.8, 4) is 5.75 Å². The van der Waals surface area contributed by atoms with Crippen molar-refractivity contribution in [2.45, 2.75) is 52.0 Å². The summed E-state index contributed by atoms with van der Waals surface area (Å²) in [6.07, 6.45) is 1.56. The first-order valence-corrected chi connectivity index (χ1v) is 7.67. The number of rotatable bonds is 8. The normalized spacial score (nSPS) is 13.2. The summed E-state index contributed by atoms with van der Waals surface area (Å²) in [5.41, 5.74) is 6.35. The molecular formula is C17H29ClN2O2. The number of nitrogens with one attached hydrogen (secondary N) is 1. The molecule has 0 aliphatic heterocycles. The molecule has 1 unspecified atom stereocenters. The van der Waals surface area contributed by atoms with Gasteiger partial charge < -0.3 is 15.8 Å². The summed E-state index contributed by atoms with van der Waals surface area (Å²) in [7, 11) is 0. The monoisotopic (exact) mass is 328 g/mol. The van der Waals surface area contributed by atoms with Crippen LogP contribution in [0.2, 0.25) is 0 Å². The van der Waals surface area contributed by atoms with Gasteiger partial charge in [-0.1, -0.05) is 45.4 Å². The Morgan fingerprint density at radius 1 is 1.36 bits per heavy atom. The lowest BCUT2D eigenvalue weighted by molar-refractivity contribution is -0.126. The fourth-order valence-electron chi connectivity index (χ4n) is 2.25. The van der Waals surface area contributed by atoms with Gasteiger partial charge in [-0.15, -0.1) is 12.4 Å². The van der Waals surface area contributed by atoms with Crippen LogP contribution < -0.4 is 15.8 Å². The molecule has 0 heterocycles. The molecule has 0 fully saturated rings. The van der Waals surface area contributed by atoms with E-state index in [9.17, 15) is 4.79 Å². The van der Waals surface area contributed by atoms with Gasteiger partial charge >= 0.3 is 0 Å². The number of carbonyl (C=O) groups is 1. The van der Waals surface area contributed by atoms with Gasteiger partial charge in [-0.25, -0.2) is 0 Å². The molecule has 0 aliphatic rings. The first kappa shape index (κ1) is 20.7. The molecule has 0 saturated carbocycles. The highest BCUT2D eigenvalue weighted by Gasteiger charge is 2.26. The predicted molar refractivity (Wildman–Crippen MR) is 93.8 cm³/mol. The van der Waals surface area contributed by atoms with Crippen molar-refractivity contribution in [1.82, 2.24) is 5.32 Å². The Morgan fingerprint density at radius 3 is 2.59 bits per heavy atom. The SMILES string of the molecule is CCCC(C)(N)C(=O)NCCOc1ccccc1C(C)C.Cl. The Kier molecular flexibility index (Phi) is 9.14. The Hall–Kier alpha value is -1.26. The maximum Gasteiger partial charge on any atom is 0.239 e. The van der Waals surface area contributed by atoms with Gasteiger partial charge in [0.05, 0.1) is 12.1 Å². The number of carbonyl (C=O) groups excluding carboxylic acids is 1. The highest BCUT2D eigenvalue weighted by Crippen LogP contribution is 2.25. The second kappa shape index (κ2) is 9.70. The predicted octanol–water partition coefficient (Wildman–Crippen LogP) is 3.24. The summed E-state index contributed by atoms with van der Waals surface area (Å²) in [5, 5.41) is 2.84. The first-order chi connectivity index (χ1) is 9.88. The zero-order valence-electron chi connectivity index (χ0n) is 14.0. The Bertz CT molecular complexity index is 462. The first-order valence-electron chi connectivity index (χ1n) is 7.67. The summed E-state index contributed by atoms with van der Waals surface area (Å²) in [4.78, 5) is 11.9. The van der Waals surface area contributed by atoms with Gasteiger partial charge in [0.1, 0.15) is 12.4 Å². The van der Waals surface area contributed by atoms with E-state index in [4.69, 9.17) is 10.5 Å². The van der Waals surface area contributed by atoms with Crippen molar-refractivity contribution < 1.29 is 9.53 Å². The van der Waals surface area contributed by atoms with E-state index < -0.39 is 5.54 Å². The standard InChI is InChI=1S/C17H28N2O2.ClH/c1-5-10-17(4,18)16(20)19-11-12-21-15-9-7-6-8-14(15)13(2)3;/h6-9,13H,5,10-12,18H2,1-4H3,(H,19,20);1H. The molecule has 1 amide bonds. The number of hydrogen-bond acceptors (Lipinski definition) is 3. The topological polar surface area (TPSA) is 64.4 Å². The Balaban J connectivity index is 0.00000441. The van der Waals surface area contributed by atoms with Crippen molar-refractivity contribution in [2.24, 2.45) is 5.73 Å². The van der Waals surface area contributed by atoms with Gasteiger partial charge in [0, 0.05) is 0 Å². The average molecular weight is 329 g/mol. The molecule has 1 aromatic rings. The van der Waals surface area contributed by atoms with Gasteiger partial charge in [0.2, 0.25) is 5.91 Å². The van der Waals surface area contributed by atoms with E-state index in [-0.39, 0.29) is 18.3 Å². The van der Waals surface area contributed by atoms with E-state index in [0.29, 0.717) is 25.5 Å². The van der Waals surface area contributed by atoms with E-state index in [1.807, 2.05) is 25.1 Å². The number of ether oxygens (including phenoxy) is 1. The molecule has 0 spiro atoms. The minimum absolute atomic E-state index is 0. The molecule has 126 valence electrons. The minimum atomic E-state index is -0.801. The molecule has 5 heteroatoms. The molecule has 1 rings (SSSR count). The van der Waals surface area contributed by atoms with Crippen molar-refractivity contribution in [1.29, 1.82) is 0 Å². The van der Waals surface area contributed by atoms with E-state index in [1.54, 1.807) is 6.92 Å². The summed E-state index contributed by atoms with van der Waals surface area (Å²) in [6, 6.07) is 7.99. The summed E-state index contributed by atoms with van der Waals surface area (Å²) >= 11 is 0. The van der Waals surface area contributed by atoms with Crippen LogP contribution >= 0.6 is 12.4 Å². The van der Waals surface area contributed by atoms with E-state index in [1.165, 1.54) is 5.56 Å². The van der Waals surface area contributed by atoms with Crippen molar-refractivity contribution in [3.63, 3.8) is 0 Å². The molecular weight excluding hydrogens is 300 g/mol. The minimum Gasteiger partial charge on any atom is -0.491 e. The number of benzene rings is 1. The highest BCUT2D eigenvalue weighted by atomic mass is 35.5. The quantitative estimate of drug-likeness (QED) is 0.720. The van der Waals surface area contributed by atoms with E-state index >= 15 is 0 Å². The molecule has 0 radical (unpaired) electrons. The molecule has 0 aromatic heterocycles. The molecule has 22 heavy (non-hydrogen) atoms. The van der Waals surface area contributed by atoms with Gasteiger partial charge in [0.25, 0.3) is 0 Å². The molecule has 4 nitrogen and oxygen atoms in total. The molecule has 0 saturated heterocycles. The molecule has 0 bridgehead atoms. The zero-order chi connectivity index (χ0) is 15.9. The second-order valence-corrected chi connectivity index (χ2v) is 5.96. The average Bonchev–Trinajstić information content (AvgIpc) is 2.43. The van der Waals surface area contributed by atoms with Crippen LogP contribution in [0.5, 0.6) is 5.75 Å². The third kappa shape index (κ3) is 6.24. The lowest BCUT2D eigenvalue weighted by Crippen LogP contribution is -2.52. The lowest BCUT2D eigenvalue weighted by Gasteiger charge is -2.23. The van der Waals surface area contributed by atoms with Crippen LogP contribution in [0.3, 0.4) is 0 Å². The maximum absolute atomic E-state index is 11.9. The third-order valence-corrected chi connectivity index (χ3v) is 3.47. The number of hydrogen-bond donors (Lipinski definition) is 2. The summed E-state index contributed by atoms with van der Waals surface area (Å²) in [6.45, 7) is 8.95. The van der Waals surface area contributed by atoms with Crippen LogP contribution in [-0.2, 0) is 4.79 Å². The van der Waals surface area contributed by atoms with Crippen molar-refractivity contribution in [3.05, 3.63) is 29.8 Å². The maximum atomic E-state index is 11.9. The number of nitrogens with two attached hydrogens (primary N) is 1.